The van der Waals surface area contributed by atoms with Crippen molar-refractivity contribution in [3.63, 3.8) is 0 Å². The lowest BCUT2D eigenvalue weighted by atomic mass is 9.69. The maximum atomic E-state index is 11.0. The van der Waals surface area contributed by atoms with Gasteiger partial charge in [0.1, 0.15) is 0 Å². The number of carboxylic acid groups (broad SMARTS) is 1. The molecule has 16 heavy (non-hydrogen) atoms. The molecule has 1 heterocycles. The van der Waals surface area contributed by atoms with Gasteiger partial charge < -0.3 is 9.84 Å². The summed E-state index contributed by atoms with van der Waals surface area (Å²) in [6.07, 6.45) is 5.31. The molecule has 1 fully saturated rings. The van der Waals surface area contributed by atoms with Crippen molar-refractivity contribution in [1.29, 1.82) is 0 Å². The molecular weight excluding hydrogens is 204 g/mol. The molecule has 0 aliphatic carbocycles. The Morgan fingerprint density at radius 3 is 2.62 bits per heavy atom. The molecule has 1 saturated heterocycles. The highest BCUT2D eigenvalue weighted by molar-refractivity contribution is 5.67. The van der Waals surface area contributed by atoms with Crippen molar-refractivity contribution in [1.82, 2.24) is 0 Å². The lowest BCUT2D eigenvalue weighted by molar-refractivity contribution is -0.148. The molecule has 0 radical (unpaired) electrons. The minimum atomic E-state index is -0.672. The van der Waals surface area contributed by atoms with Crippen LogP contribution < -0.4 is 0 Å². The first-order valence-electron chi connectivity index (χ1n) is 6.25. The molecule has 1 atom stereocenters. The Balaban J connectivity index is 2.72. The molecule has 0 aromatic carbocycles. The van der Waals surface area contributed by atoms with E-state index in [0.29, 0.717) is 13.0 Å². The Hall–Kier alpha value is -0.570. The van der Waals surface area contributed by atoms with E-state index in [9.17, 15) is 4.79 Å². The fourth-order valence-electron chi connectivity index (χ4n) is 2.91. The number of hydrogen-bond donors (Lipinski definition) is 1. The number of aliphatic carboxylic acids is 1. The van der Waals surface area contributed by atoms with Crippen molar-refractivity contribution in [3.8, 4) is 0 Å². The molecule has 0 bridgehead atoms. The van der Waals surface area contributed by atoms with Gasteiger partial charge in [-0.2, -0.15) is 0 Å². The van der Waals surface area contributed by atoms with E-state index in [-0.39, 0.29) is 11.0 Å². The van der Waals surface area contributed by atoms with E-state index in [1.165, 1.54) is 0 Å². The quantitative estimate of drug-likeness (QED) is 0.785. The summed E-state index contributed by atoms with van der Waals surface area (Å²) in [7, 11) is 0. The number of carbonyl (C=O) groups is 1. The number of hydrogen-bond acceptors (Lipinski definition) is 2. The van der Waals surface area contributed by atoms with Gasteiger partial charge in [0.15, 0.2) is 0 Å². The van der Waals surface area contributed by atoms with Gasteiger partial charge in [-0.25, -0.2) is 0 Å². The largest absolute Gasteiger partial charge is 0.481 e. The molecule has 0 spiro atoms. The average Bonchev–Trinajstić information content (AvgIpc) is 2.12. The molecular formula is C13H24O3. The summed E-state index contributed by atoms with van der Waals surface area (Å²) < 4.78 is 5.69. The molecule has 94 valence electrons. The lowest BCUT2D eigenvalue weighted by Gasteiger charge is -2.44. The molecule has 1 rings (SSSR count). The van der Waals surface area contributed by atoms with Crippen molar-refractivity contribution < 1.29 is 14.6 Å². The minimum absolute atomic E-state index is 0.0381. The second kappa shape index (κ2) is 5.17. The predicted octanol–water partition coefficient (Wildman–Crippen LogP) is 3.23. The molecule has 0 amide bonds. The number of carboxylic acids is 1. The average molecular weight is 228 g/mol. The SMILES string of the molecule is CCCC[C@]1(CC(=O)O)CCOC(C)(C)C1. The van der Waals surface area contributed by atoms with Crippen LogP contribution in [0.3, 0.4) is 0 Å². The van der Waals surface area contributed by atoms with Gasteiger partial charge in [0.25, 0.3) is 0 Å². The normalized spacial score (nSPS) is 28.9. The summed E-state index contributed by atoms with van der Waals surface area (Å²) in [5, 5.41) is 9.06. The predicted molar refractivity (Wildman–Crippen MR) is 63.5 cm³/mol. The number of unbranched alkanes of at least 4 members (excludes halogenated alkanes) is 1. The second-order valence-electron chi connectivity index (χ2n) is 5.71. The van der Waals surface area contributed by atoms with Gasteiger partial charge in [-0.3, -0.25) is 4.79 Å². The van der Waals surface area contributed by atoms with Gasteiger partial charge in [0, 0.05) is 6.61 Å². The van der Waals surface area contributed by atoms with Crippen LogP contribution in [-0.4, -0.2) is 23.3 Å². The van der Waals surface area contributed by atoms with Crippen LogP contribution in [0.15, 0.2) is 0 Å². The smallest absolute Gasteiger partial charge is 0.303 e. The molecule has 0 aromatic rings. The summed E-state index contributed by atoms with van der Waals surface area (Å²) in [5.74, 6) is -0.672. The third kappa shape index (κ3) is 3.78. The van der Waals surface area contributed by atoms with Crippen molar-refractivity contribution in [2.75, 3.05) is 6.61 Å². The summed E-state index contributed by atoms with van der Waals surface area (Å²) in [5.41, 5.74) is -0.203. The molecule has 0 unspecified atom stereocenters. The van der Waals surface area contributed by atoms with Crippen LogP contribution in [-0.2, 0) is 9.53 Å². The van der Waals surface area contributed by atoms with Gasteiger partial charge in [0.2, 0.25) is 0 Å². The Labute approximate surface area is 98.2 Å². The maximum absolute atomic E-state index is 11.0. The summed E-state index contributed by atoms with van der Waals surface area (Å²) in [6.45, 7) is 6.98. The molecule has 3 heteroatoms. The highest BCUT2D eigenvalue weighted by Crippen LogP contribution is 2.45. The van der Waals surface area contributed by atoms with E-state index in [1.54, 1.807) is 0 Å². The summed E-state index contributed by atoms with van der Waals surface area (Å²) in [6, 6.07) is 0. The standard InChI is InChI=1S/C13H24O3/c1-4-5-6-13(9-11(14)15)7-8-16-12(2,3)10-13/h4-10H2,1-3H3,(H,14,15)/t13-/m1/s1. The third-order valence-electron chi connectivity index (χ3n) is 3.51. The number of ether oxygens (including phenoxy) is 1. The van der Waals surface area contributed by atoms with Crippen LogP contribution >= 0.6 is 0 Å². The van der Waals surface area contributed by atoms with Gasteiger partial charge in [-0.05, 0) is 38.5 Å². The molecule has 1 N–H and O–H groups in total. The second-order valence-corrected chi connectivity index (χ2v) is 5.71. The lowest BCUT2D eigenvalue weighted by Crippen LogP contribution is -2.42. The maximum Gasteiger partial charge on any atom is 0.303 e. The highest BCUT2D eigenvalue weighted by atomic mass is 16.5. The molecule has 0 aromatic heterocycles. The minimum Gasteiger partial charge on any atom is -0.481 e. The molecule has 0 saturated carbocycles. The highest BCUT2D eigenvalue weighted by Gasteiger charge is 2.41. The van der Waals surface area contributed by atoms with Crippen molar-refractivity contribution in [3.05, 3.63) is 0 Å². The van der Waals surface area contributed by atoms with Crippen molar-refractivity contribution in [2.24, 2.45) is 5.41 Å². The zero-order chi connectivity index (χ0) is 12.2. The monoisotopic (exact) mass is 228 g/mol. The van der Waals surface area contributed by atoms with Crippen molar-refractivity contribution >= 4 is 5.97 Å². The van der Waals surface area contributed by atoms with Crippen LogP contribution in [0.4, 0.5) is 0 Å². The van der Waals surface area contributed by atoms with E-state index in [2.05, 4.69) is 20.8 Å². The van der Waals surface area contributed by atoms with E-state index in [4.69, 9.17) is 9.84 Å². The Morgan fingerprint density at radius 1 is 1.44 bits per heavy atom. The topological polar surface area (TPSA) is 46.5 Å². The van der Waals surface area contributed by atoms with Crippen LogP contribution in [0.5, 0.6) is 0 Å². The van der Waals surface area contributed by atoms with E-state index in [0.717, 1.165) is 32.1 Å². The Bertz CT molecular complexity index is 248. The van der Waals surface area contributed by atoms with E-state index in [1.807, 2.05) is 0 Å². The fraction of sp³-hybridized carbons (Fsp3) is 0.923. The van der Waals surface area contributed by atoms with Gasteiger partial charge in [-0.15, -0.1) is 0 Å². The first kappa shape index (κ1) is 13.5. The molecule has 1 aliphatic heterocycles. The molecule has 3 nitrogen and oxygen atoms in total. The van der Waals surface area contributed by atoms with Gasteiger partial charge in [-0.1, -0.05) is 19.8 Å². The summed E-state index contributed by atoms with van der Waals surface area (Å²) >= 11 is 0. The van der Waals surface area contributed by atoms with Crippen molar-refractivity contribution in [2.45, 2.75) is 64.9 Å². The number of rotatable bonds is 5. The van der Waals surface area contributed by atoms with Gasteiger partial charge >= 0.3 is 5.97 Å². The van der Waals surface area contributed by atoms with E-state index < -0.39 is 5.97 Å². The fourth-order valence-corrected chi connectivity index (χ4v) is 2.91. The zero-order valence-electron chi connectivity index (χ0n) is 10.7. The third-order valence-corrected chi connectivity index (χ3v) is 3.51. The van der Waals surface area contributed by atoms with Crippen LogP contribution in [0.2, 0.25) is 0 Å². The summed E-state index contributed by atoms with van der Waals surface area (Å²) in [4.78, 5) is 11.0. The van der Waals surface area contributed by atoms with E-state index >= 15 is 0 Å². The van der Waals surface area contributed by atoms with Crippen LogP contribution in [0.1, 0.15) is 59.3 Å². The Kier molecular flexibility index (Phi) is 4.36. The Morgan fingerprint density at radius 2 is 2.12 bits per heavy atom. The first-order valence-corrected chi connectivity index (χ1v) is 6.25. The van der Waals surface area contributed by atoms with Crippen LogP contribution in [0.25, 0.3) is 0 Å². The van der Waals surface area contributed by atoms with Gasteiger partial charge in [0.05, 0.1) is 12.0 Å². The molecule has 1 aliphatic rings. The van der Waals surface area contributed by atoms with Crippen LogP contribution in [0, 0.1) is 5.41 Å². The zero-order valence-corrected chi connectivity index (χ0v) is 10.7. The first-order chi connectivity index (χ1) is 7.39.